The molecular formula is C17H25ClN2. The van der Waals surface area contributed by atoms with Crippen molar-refractivity contribution in [3.8, 4) is 0 Å². The summed E-state index contributed by atoms with van der Waals surface area (Å²) in [6.07, 6.45) is 8.28. The minimum atomic E-state index is 0.289. The largest absolute Gasteiger partial charge is 0.329 e. The Kier molecular flexibility index (Phi) is 4.65. The molecule has 0 bridgehead atoms. The monoisotopic (exact) mass is 292 g/mol. The summed E-state index contributed by atoms with van der Waals surface area (Å²) in [4.78, 5) is 2.65. The van der Waals surface area contributed by atoms with Crippen LogP contribution in [0.3, 0.4) is 0 Å². The third-order valence-electron chi connectivity index (χ3n) is 5.17. The molecule has 2 unspecified atom stereocenters. The highest BCUT2D eigenvalue weighted by Crippen LogP contribution is 2.40. The van der Waals surface area contributed by atoms with Gasteiger partial charge in [-0.05, 0) is 49.8 Å². The Morgan fingerprint density at radius 3 is 2.60 bits per heavy atom. The minimum Gasteiger partial charge on any atom is -0.329 e. The molecule has 1 aliphatic heterocycles. The molecule has 1 aliphatic carbocycles. The van der Waals surface area contributed by atoms with E-state index in [2.05, 4.69) is 17.0 Å². The molecule has 1 aromatic carbocycles. The fourth-order valence-corrected chi connectivity index (χ4v) is 4.50. The van der Waals surface area contributed by atoms with Crippen molar-refractivity contribution >= 4 is 11.6 Å². The smallest absolute Gasteiger partial charge is 0.0488 e. The maximum atomic E-state index is 6.40. The summed E-state index contributed by atoms with van der Waals surface area (Å²) in [6, 6.07) is 9.21. The predicted molar refractivity (Wildman–Crippen MR) is 84.9 cm³/mol. The highest BCUT2D eigenvalue weighted by molar-refractivity contribution is 6.31. The molecule has 0 spiro atoms. The first kappa shape index (κ1) is 14.4. The number of hydrogen-bond donors (Lipinski definition) is 1. The van der Waals surface area contributed by atoms with Gasteiger partial charge < -0.3 is 5.73 Å². The first-order chi connectivity index (χ1) is 9.81. The van der Waals surface area contributed by atoms with Crippen LogP contribution in [-0.2, 0) is 0 Å². The molecule has 0 aromatic heterocycles. The van der Waals surface area contributed by atoms with Crippen LogP contribution >= 0.6 is 11.6 Å². The second-order valence-electron chi connectivity index (χ2n) is 6.26. The summed E-state index contributed by atoms with van der Waals surface area (Å²) >= 11 is 6.40. The molecule has 20 heavy (non-hydrogen) atoms. The molecule has 110 valence electrons. The Hall–Kier alpha value is -0.570. The van der Waals surface area contributed by atoms with Gasteiger partial charge in [-0.2, -0.15) is 0 Å². The topological polar surface area (TPSA) is 29.3 Å². The van der Waals surface area contributed by atoms with Crippen molar-refractivity contribution in [2.75, 3.05) is 13.1 Å². The molecular weight excluding hydrogens is 268 g/mol. The van der Waals surface area contributed by atoms with Crippen molar-refractivity contribution in [2.45, 2.75) is 50.6 Å². The van der Waals surface area contributed by atoms with Crippen molar-refractivity contribution < 1.29 is 0 Å². The van der Waals surface area contributed by atoms with Crippen LogP contribution in [0, 0.1) is 5.92 Å². The molecule has 2 atom stereocenters. The lowest BCUT2D eigenvalue weighted by Gasteiger charge is -2.36. The lowest BCUT2D eigenvalue weighted by molar-refractivity contribution is 0.138. The van der Waals surface area contributed by atoms with Crippen LogP contribution in [0.25, 0.3) is 0 Å². The Bertz CT molecular complexity index is 442. The molecule has 0 radical (unpaired) electrons. The van der Waals surface area contributed by atoms with Crippen LogP contribution in [0.15, 0.2) is 24.3 Å². The van der Waals surface area contributed by atoms with Crippen molar-refractivity contribution in [1.29, 1.82) is 0 Å². The first-order valence-corrected chi connectivity index (χ1v) is 8.39. The van der Waals surface area contributed by atoms with Gasteiger partial charge in [-0.3, -0.25) is 4.90 Å². The van der Waals surface area contributed by atoms with Gasteiger partial charge in [-0.15, -0.1) is 0 Å². The van der Waals surface area contributed by atoms with Gasteiger partial charge in [0.2, 0.25) is 0 Å². The number of halogens is 1. The Labute approximate surface area is 127 Å². The van der Waals surface area contributed by atoms with Gasteiger partial charge >= 0.3 is 0 Å². The summed E-state index contributed by atoms with van der Waals surface area (Å²) in [5, 5.41) is 0.861. The number of benzene rings is 1. The fourth-order valence-electron chi connectivity index (χ4n) is 4.24. The van der Waals surface area contributed by atoms with Crippen LogP contribution in [0.4, 0.5) is 0 Å². The van der Waals surface area contributed by atoms with E-state index < -0.39 is 0 Å². The highest BCUT2D eigenvalue weighted by atomic mass is 35.5. The van der Waals surface area contributed by atoms with Crippen LogP contribution in [0.2, 0.25) is 5.02 Å². The summed E-state index contributed by atoms with van der Waals surface area (Å²) in [6.45, 7) is 1.83. The lowest BCUT2D eigenvalue weighted by atomic mass is 9.94. The van der Waals surface area contributed by atoms with Gasteiger partial charge in [0.25, 0.3) is 0 Å². The zero-order valence-corrected chi connectivity index (χ0v) is 12.9. The van der Waals surface area contributed by atoms with Crippen molar-refractivity contribution in [2.24, 2.45) is 11.7 Å². The molecule has 1 saturated heterocycles. The lowest BCUT2D eigenvalue weighted by Crippen LogP contribution is -2.40. The van der Waals surface area contributed by atoms with Gasteiger partial charge in [-0.1, -0.05) is 42.6 Å². The van der Waals surface area contributed by atoms with E-state index in [-0.39, 0.29) is 6.04 Å². The van der Waals surface area contributed by atoms with E-state index in [1.54, 1.807) is 0 Å². The average Bonchev–Trinajstić information content (AvgIpc) is 3.11. The standard InChI is InChI=1S/C17H25ClN2/c18-15-9-4-3-8-14(15)17(12-19)20-11-5-10-16(20)13-6-1-2-7-13/h3-4,8-9,13,16-17H,1-2,5-7,10-12,19H2. The van der Waals surface area contributed by atoms with Gasteiger partial charge in [0.1, 0.15) is 0 Å². The zero-order valence-electron chi connectivity index (χ0n) is 12.1. The summed E-state index contributed by atoms with van der Waals surface area (Å²) < 4.78 is 0. The molecule has 3 heteroatoms. The van der Waals surface area contributed by atoms with E-state index in [0.717, 1.165) is 17.0 Å². The van der Waals surface area contributed by atoms with Crippen molar-refractivity contribution in [3.63, 3.8) is 0 Å². The summed E-state index contributed by atoms with van der Waals surface area (Å²) in [5.74, 6) is 0.883. The van der Waals surface area contributed by atoms with Gasteiger partial charge in [-0.25, -0.2) is 0 Å². The molecule has 0 amide bonds. The SMILES string of the molecule is NCC(c1ccccc1Cl)N1CCCC1C1CCCC1. The predicted octanol–water partition coefficient (Wildman–Crippen LogP) is 3.99. The van der Waals surface area contributed by atoms with Crippen molar-refractivity contribution in [3.05, 3.63) is 34.9 Å². The molecule has 2 fully saturated rings. The van der Waals surface area contributed by atoms with Crippen LogP contribution in [0.1, 0.15) is 50.1 Å². The number of rotatable bonds is 4. The van der Waals surface area contributed by atoms with E-state index in [9.17, 15) is 0 Å². The zero-order chi connectivity index (χ0) is 13.9. The molecule has 1 heterocycles. The van der Waals surface area contributed by atoms with Gasteiger partial charge in [0.15, 0.2) is 0 Å². The fraction of sp³-hybridized carbons (Fsp3) is 0.647. The number of likely N-dealkylation sites (tertiary alicyclic amines) is 1. The highest BCUT2D eigenvalue weighted by Gasteiger charge is 2.37. The van der Waals surface area contributed by atoms with Crippen LogP contribution < -0.4 is 5.73 Å². The maximum Gasteiger partial charge on any atom is 0.0488 e. The summed E-state index contributed by atoms with van der Waals surface area (Å²) in [7, 11) is 0. The van der Waals surface area contributed by atoms with E-state index in [1.165, 1.54) is 50.6 Å². The number of hydrogen-bond acceptors (Lipinski definition) is 2. The van der Waals surface area contributed by atoms with Crippen LogP contribution in [-0.4, -0.2) is 24.0 Å². The van der Waals surface area contributed by atoms with E-state index in [1.807, 2.05) is 12.1 Å². The summed E-state index contributed by atoms with van der Waals surface area (Å²) in [5.41, 5.74) is 7.32. The third-order valence-corrected chi connectivity index (χ3v) is 5.52. The molecule has 2 nitrogen and oxygen atoms in total. The quantitative estimate of drug-likeness (QED) is 0.909. The van der Waals surface area contributed by atoms with E-state index in [4.69, 9.17) is 17.3 Å². The van der Waals surface area contributed by atoms with Crippen molar-refractivity contribution in [1.82, 2.24) is 4.90 Å². The first-order valence-electron chi connectivity index (χ1n) is 8.01. The molecule has 2 N–H and O–H groups in total. The molecule has 1 aromatic rings. The van der Waals surface area contributed by atoms with Crippen LogP contribution in [0.5, 0.6) is 0 Å². The maximum absolute atomic E-state index is 6.40. The van der Waals surface area contributed by atoms with E-state index >= 15 is 0 Å². The average molecular weight is 293 g/mol. The van der Waals surface area contributed by atoms with Gasteiger partial charge in [0, 0.05) is 23.7 Å². The third kappa shape index (κ3) is 2.74. The van der Waals surface area contributed by atoms with E-state index in [0.29, 0.717) is 6.54 Å². The molecule has 1 saturated carbocycles. The Morgan fingerprint density at radius 2 is 1.90 bits per heavy atom. The minimum absolute atomic E-state index is 0.289. The Balaban J connectivity index is 1.82. The second kappa shape index (κ2) is 6.46. The normalized spacial score (nSPS) is 26.2. The Morgan fingerprint density at radius 1 is 1.15 bits per heavy atom. The number of nitrogens with zero attached hydrogens (tertiary/aromatic N) is 1. The molecule has 3 rings (SSSR count). The van der Waals surface area contributed by atoms with Gasteiger partial charge in [0.05, 0.1) is 0 Å². The number of nitrogens with two attached hydrogens (primary N) is 1. The second-order valence-corrected chi connectivity index (χ2v) is 6.67. The molecule has 2 aliphatic rings.